The highest BCUT2D eigenvalue weighted by Crippen LogP contribution is 2.27. The van der Waals surface area contributed by atoms with E-state index < -0.39 is 29.0 Å². The van der Waals surface area contributed by atoms with E-state index in [0.29, 0.717) is 10.7 Å². The zero-order valence-corrected chi connectivity index (χ0v) is 14.4. The van der Waals surface area contributed by atoms with Gasteiger partial charge >= 0.3 is 0 Å². The fourth-order valence-corrected chi connectivity index (χ4v) is 3.23. The minimum Gasteiger partial charge on any atom is -0.267 e. The lowest BCUT2D eigenvalue weighted by molar-refractivity contribution is 0.0843. The van der Waals surface area contributed by atoms with Crippen molar-refractivity contribution in [2.45, 2.75) is 6.92 Å². The van der Waals surface area contributed by atoms with Gasteiger partial charge in [-0.1, -0.05) is 36.4 Å². The van der Waals surface area contributed by atoms with Crippen molar-refractivity contribution < 1.29 is 18.4 Å². The Bertz CT molecular complexity index is 954. The van der Waals surface area contributed by atoms with Gasteiger partial charge in [0.05, 0.1) is 5.69 Å². The summed E-state index contributed by atoms with van der Waals surface area (Å²) in [5.41, 5.74) is 4.75. The maximum absolute atomic E-state index is 13.6. The average molecular weight is 373 g/mol. The Morgan fingerprint density at radius 1 is 0.923 bits per heavy atom. The maximum Gasteiger partial charge on any atom is 0.281 e. The third-order valence-electron chi connectivity index (χ3n) is 3.50. The summed E-state index contributed by atoms with van der Waals surface area (Å²) in [5, 5.41) is 0.653. The molecule has 0 radical (unpaired) electrons. The van der Waals surface area contributed by atoms with Crippen LogP contribution in [0.5, 0.6) is 0 Å². The fraction of sp³-hybridized carbons (Fsp3) is 0.0556. The number of aromatic nitrogens is 1. The number of rotatable bonds is 3. The predicted molar refractivity (Wildman–Crippen MR) is 93.6 cm³/mol. The topological polar surface area (TPSA) is 71.1 Å². The molecule has 3 aromatic rings. The lowest BCUT2D eigenvalue weighted by Gasteiger charge is -2.08. The molecule has 2 aromatic carbocycles. The van der Waals surface area contributed by atoms with Crippen molar-refractivity contribution in [1.29, 1.82) is 0 Å². The van der Waals surface area contributed by atoms with Gasteiger partial charge in [0.2, 0.25) is 0 Å². The molecule has 3 rings (SSSR count). The summed E-state index contributed by atoms with van der Waals surface area (Å²) in [6.45, 7) is 1.66. The number of benzene rings is 2. The zero-order chi connectivity index (χ0) is 18.7. The van der Waals surface area contributed by atoms with Gasteiger partial charge in [-0.25, -0.2) is 13.8 Å². The van der Waals surface area contributed by atoms with Crippen LogP contribution in [0.3, 0.4) is 0 Å². The Morgan fingerprint density at radius 3 is 2.19 bits per heavy atom. The predicted octanol–water partition coefficient (Wildman–Crippen LogP) is 3.47. The fourth-order valence-electron chi connectivity index (χ4n) is 2.26. The smallest absolute Gasteiger partial charge is 0.267 e. The van der Waals surface area contributed by atoms with Crippen LogP contribution >= 0.6 is 11.3 Å². The molecule has 0 saturated carbocycles. The van der Waals surface area contributed by atoms with Crippen molar-refractivity contribution in [2.75, 3.05) is 0 Å². The summed E-state index contributed by atoms with van der Waals surface area (Å²) in [5.74, 6) is -3.74. The lowest BCUT2D eigenvalue weighted by atomic mass is 10.2. The van der Waals surface area contributed by atoms with E-state index in [4.69, 9.17) is 0 Å². The molecule has 0 spiro atoms. The normalized spacial score (nSPS) is 10.4. The van der Waals surface area contributed by atoms with Gasteiger partial charge in [-0.3, -0.25) is 20.4 Å². The molecule has 2 amide bonds. The van der Waals surface area contributed by atoms with E-state index in [1.807, 2.05) is 35.8 Å². The SMILES string of the molecule is Cc1nc(-c2ccccc2)sc1C(=O)NNC(=O)c1c(F)cccc1F. The first-order valence-corrected chi connectivity index (χ1v) is 8.36. The molecular weight excluding hydrogens is 360 g/mol. The van der Waals surface area contributed by atoms with Gasteiger partial charge in [0.25, 0.3) is 11.8 Å². The van der Waals surface area contributed by atoms with Gasteiger partial charge in [0, 0.05) is 5.56 Å². The Morgan fingerprint density at radius 2 is 1.54 bits per heavy atom. The monoisotopic (exact) mass is 373 g/mol. The standard InChI is InChI=1S/C18H13F2N3O2S/c1-10-15(26-18(21-10)11-6-3-2-4-7-11)17(25)23-22-16(24)14-12(19)8-5-9-13(14)20/h2-9H,1H3,(H,22,24)(H,23,25). The van der Waals surface area contributed by atoms with E-state index in [0.717, 1.165) is 35.1 Å². The maximum atomic E-state index is 13.6. The van der Waals surface area contributed by atoms with E-state index in [9.17, 15) is 18.4 Å². The van der Waals surface area contributed by atoms with Crippen LogP contribution in [0.1, 0.15) is 25.7 Å². The second kappa shape index (κ2) is 7.40. The van der Waals surface area contributed by atoms with Gasteiger partial charge in [-0.15, -0.1) is 11.3 Å². The molecular formula is C18H13F2N3O2S. The minimum atomic E-state index is -1.08. The Kier molecular flexibility index (Phi) is 5.04. The molecule has 8 heteroatoms. The van der Waals surface area contributed by atoms with Crippen molar-refractivity contribution in [2.24, 2.45) is 0 Å². The molecule has 0 saturated heterocycles. The average Bonchev–Trinajstić information content (AvgIpc) is 3.02. The third-order valence-corrected chi connectivity index (χ3v) is 4.71. The Labute approximate surface area is 151 Å². The molecule has 0 bridgehead atoms. The highest BCUT2D eigenvalue weighted by molar-refractivity contribution is 7.17. The van der Waals surface area contributed by atoms with Gasteiger partial charge in [0.15, 0.2) is 0 Å². The molecule has 0 fully saturated rings. The number of hydrogen-bond acceptors (Lipinski definition) is 4. The highest BCUT2D eigenvalue weighted by Gasteiger charge is 2.20. The number of hydrazine groups is 1. The van der Waals surface area contributed by atoms with Crippen molar-refractivity contribution in [1.82, 2.24) is 15.8 Å². The van der Waals surface area contributed by atoms with E-state index in [2.05, 4.69) is 10.4 Å². The van der Waals surface area contributed by atoms with E-state index >= 15 is 0 Å². The summed E-state index contributed by atoms with van der Waals surface area (Å²) < 4.78 is 27.2. The third kappa shape index (κ3) is 3.60. The van der Waals surface area contributed by atoms with E-state index in [1.54, 1.807) is 6.92 Å². The zero-order valence-electron chi connectivity index (χ0n) is 13.5. The quantitative estimate of drug-likeness (QED) is 0.691. The number of nitrogens with one attached hydrogen (secondary N) is 2. The van der Waals surface area contributed by atoms with Crippen LogP contribution in [0.25, 0.3) is 10.6 Å². The minimum absolute atomic E-state index is 0.290. The molecule has 5 nitrogen and oxygen atoms in total. The van der Waals surface area contributed by atoms with Crippen LogP contribution in [-0.2, 0) is 0 Å². The number of halogens is 2. The molecule has 0 unspecified atom stereocenters. The van der Waals surface area contributed by atoms with Gasteiger partial charge < -0.3 is 0 Å². The second-order valence-corrected chi connectivity index (χ2v) is 6.30. The Hall–Kier alpha value is -3.13. The lowest BCUT2D eigenvalue weighted by Crippen LogP contribution is -2.42. The molecule has 132 valence electrons. The first-order chi connectivity index (χ1) is 12.5. The van der Waals surface area contributed by atoms with Crippen LogP contribution in [0, 0.1) is 18.6 Å². The Balaban J connectivity index is 1.73. The first-order valence-electron chi connectivity index (χ1n) is 7.55. The second-order valence-electron chi connectivity index (χ2n) is 5.30. The molecule has 0 aliphatic carbocycles. The van der Waals surface area contributed by atoms with Crippen LogP contribution in [0.15, 0.2) is 48.5 Å². The number of thiazole rings is 1. The molecule has 1 heterocycles. The number of carbonyl (C=O) groups is 2. The number of carbonyl (C=O) groups excluding carboxylic acids is 2. The van der Waals surface area contributed by atoms with Crippen molar-refractivity contribution >= 4 is 23.2 Å². The highest BCUT2D eigenvalue weighted by atomic mass is 32.1. The number of hydrogen-bond donors (Lipinski definition) is 2. The first kappa shape index (κ1) is 17.7. The van der Waals surface area contributed by atoms with Crippen LogP contribution in [0.2, 0.25) is 0 Å². The van der Waals surface area contributed by atoms with Crippen LogP contribution < -0.4 is 10.9 Å². The molecule has 1 aromatic heterocycles. The molecule has 26 heavy (non-hydrogen) atoms. The molecule has 2 N–H and O–H groups in total. The van der Waals surface area contributed by atoms with Gasteiger partial charge in [0.1, 0.15) is 27.1 Å². The summed E-state index contributed by atoms with van der Waals surface area (Å²) in [6.07, 6.45) is 0. The number of amides is 2. The number of aryl methyl sites for hydroxylation is 1. The van der Waals surface area contributed by atoms with Crippen LogP contribution in [-0.4, -0.2) is 16.8 Å². The largest absolute Gasteiger partial charge is 0.281 e. The number of nitrogens with zero attached hydrogens (tertiary/aromatic N) is 1. The van der Waals surface area contributed by atoms with Gasteiger partial charge in [-0.05, 0) is 19.1 Å². The summed E-state index contributed by atoms with van der Waals surface area (Å²) in [7, 11) is 0. The van der Waals surface area contributed by atoms with Crippen molar-refractivity contribution in [3.8, 4) is 10.6 Å². The van der Waals surface area contributed by atoms with Crippen molar-refractivity contribution in [3.05, 3.63) is 76.3 Å². The molecule has 0 aliphatic rings. The van der Waals surface area contributed by atoms with Gasteiger partial charge in [-0.2, -0.15) is 0 Å². The van der Waals surface area contributed by atoms with Crippen LogP contribution in [0.4, 0.5) is 8.78 Å². The van der Waals surface area contributed by atoms with E-state index in [-0.39, 0.29) is 4.88 Å². The summed E-state index contributed by atoms with van der Waals surface area (Å²) >= 11 is 1.15. The molecule has 0 aliphatic heterocycles. The van der Waals surface area contributed by atoms with E-state index in [1.165, 1.54) is 0 Å². The summed E-state index contributed by atoms with van der Waals surface area (Å²) in [4.78, 5) is 28.8. The van der Waals surface area contributed by atoms with Crippen molar-refractivity contribution in [3.63, 3.8) is 0 Å². The molecule has 0 atom stereocenters. The summed E-state index contributed by atoms with van der Waals surface area (Å²) in [6, 6.07) is 12.4.